The van der Waals surface area contributed by atoms with E-state index < -0.39 is 0 Å². The molecule has 25 heavy (non-hydrogen) atoms. The average Bonchev–Trinajstić information content (AvgIpc) is 3.32. The minimum Gasteiger partial charge on any atom is -0.277 e. The second-order valence-electron chi connectivity index (χ2n) is 6.69. The van der Waals surface area contributed by atoms with Crippen LogP contribution in [-0.4, -0.2) is 20.0 Å². The average molecular weight is 346 g/mol. The number of H-pyrrole nitrogens is 1. The zero-order valence-electron chi connectivity index (χ0n) is 14.2. The van der Waals surface area contributed by atoms with Gasteiger partial charge in [0.25, 0.3) is 0 Å². The van der Waals surface area contributed by atoms with Gasteiger partial charge in [0.05, 0.1) is 23.6 Å². The molecule has 0 spiro atoms. The summed E-state index contributed by atoms with van der Waals surface area (Å²) >= 11 is 1.71. The molecular formula is C20H18N4S. The fraction of sp³-hybridized carbons (Fsp3) is 0.200. The molecule has 1 aliphatic carbocycles. The number of fused-ring (bicyclic) bond motifs is 3. The van der Waals surface area contributed by atoms with Crippen molar-refractivity contribution >= 4 is 11.3 Å². The highest BCUT2D eigenvalue weighted by Gasteiger charge is 2.25. The molecule has 0 amide bonds. The molecule has 0 bridgehead atoms. The number of aromatic amines is 1. The van der Waals surface area contributed by atoms with E-state index in [9.17, 15) is 0 Å². The molecule has 5 heteroatoms. The van der Waals surface area contributed by atoms with E-state index >= 15 is 0 Å². The highest BCUT2D eigenvalue weighted by atomic mass is 32.1. The minimum absolute atomic E-state index is 0.816. The summed E-state index contributed by atoms with van der Waals surface area (Å²) in [6.07, 6.45) is 0.942. The van der Waals surface area contributed by atoms with Crippen LogP contribution in [-0.2, 0) is 13.0 Å². The molecule has 3 aromatic heterocycles. The van der Waals surface area contributed by atoms with Crippen LogP contribution < -0.4 is 0 Å². The number of nitrogens with zero attached hydrogens (tertiary/aromatic N) is 3. The van der Waals surface area contributed by atoms with Gasteiger partial charge in [0.15, 0.2) is 0 Å². The van der Waals surface area contributed by atoms with Crippen LogP contribution in [0.4, 0.5) is 0 Å². The molecule has 0 unspecified atom stereocenters. The van der Waals surface area contributed by atoms with Crippen molar-refractivity contribution in [3.63, 3.8) is 0 Å². The fourth-order valence-corrected chi connectivity index (χ4v) is 4.37. The van der Waals surface area contributed by atoms with Gasteiger partial charge in [-0.25, -0.2) is 0 Å². The largest absolute Gasteiger partial charge is 0.277 e. The summed E-state index contributed by atoms with van der Waals surface area (Å²) in [5.41, 5.74) is 11.0. The minimum atomic E-state index is 0.816. The standard InChI is InChI=1S/C20H18N4S/c1-12-7-13(2)24(23-12)10-14-3-4-17-16(8-14)9-18-19(21-22-20(17)18)15-5-6-25-11-15/h3-8,11H,9-10H2,1-2H3,(H,21,22). The summed E-state index contributed by atoms with van der Waals surface area (Å²) in [7, 11) is 0. The summed E-state index contributed by atoms with van der Waals surface area (Å²) in [5.74, 6) is 0. The fourth-order valence-electron chi connectivity index (χ4n) is 3.73. The summed E-state index contributed by atoms with van der Waals surface area (Å²) in [6, 6.07) is 11.0. The SMILES string of the molecule is Cc1cc(C)n(Cc2ccc3c(c2)Cc2c(-c4ccsc4)n[nH]c2-3)n1. The molecule has 0 radical (unpaired) electrons. The maximum absolute atomic E-state index is 4.58. The highest BCUT2D eigenvalue weighted by molar-refractivity contribution is 7.08. The topological polar surface area (TPSA) is 46.5 Å². The summed E-state index contributed by atoms with van der Waals surface area (Å²) < 4.78 is 2.07. The molecule has 0 fully saturated rings. The number of aromatic nitrogens is 4. The van der Waals surface area contributed by atoms with E-state index in [1.54, 1.807) is 11.3 Å². The van der Waals surface area contributed by atoms with Crippen molar-refractivity contribution in [1.29, 1.82) is 0 Å². The summed E-state index contributed by atoms with van der Waals surface area (Å²) in [6.45, 7) is 4.96. The molecule has 0 atom stereocenters. The van der Waals surface area contributed by atoms with Crippen LogP contribution in [0.5, 0.6) is 0 Å². The van der Waals surface area contributed by atoms with Gasteiger partial charge in [0.2, 0.25) is 0 Å². The molecule has 1 aromatic carbocycles. The van der Waals surface area contributed by atoms with Crippen LogP contribution in [0.2, 0.25) is 0 Å². The Morgan fingerprint density at radius 1 is 1.20 bits per heavy atom. The number of hydrogen-bond donors (Lipinski definition) is 1. The van der Waals surface area contributed by atoms with Crippen molar-refractivity contribution < 1.29 is 0 Å². The lowest BCUT2D eigenvalue weighted by molar-refractivity contribution is 0.658. The van der Waals surface area contributed by atoms with Crippen LogP contribution in [0.3, 0.4) is 0 Å². The maximum Gasteiger partial charge on any atom is 0.0970 e. The van der Waals surface area contributed by atoms with E-state index in [-0.39, 0.29) is 0 Å². The van der Waals surface area contributed by atoms with Crippen molar-refractivity contribution in [2.75, 3.05) is 0 Å². The smallest absolute Gasteiger partial charge is 0.0970 e. The van der Waals surface area contributed by atoms with Gasteiger partial charge in [-0.3, -0.25) is 9.78 Å². The van der Waals surface area contributed by atoms with Crippen LogP contribution in [0.25, 0.3) is 22.5 Å². The molecule has 1 N–H and O–H groups in total. The van der Waals surface area contributed by atoms with E-state index in [4.69, 9.17) is 0 Å². The Balaban J connectivity index is 1.49. The molecule has 5 rings (SSSR count). The molecule has 3 heterocycles. The van der Waals surface area contributed by atoms with E-state index in [0.717, 1.165) is 24.4 Å². The van der Waals surface area contributed by atoms with Crippen molar-refractivity contribution in [2.24, 2.45) is 0 Å². The number of rotatable bonds is 3. The van der Waals surface area contributed by atoms with E-state index in [2.05, 4.69) is 68.0 Å². The predicted molar refractivity (Wildman–Crippen MR) is 101 cm³/mol. The first kappa shape index (κ1) is 14.7. The monoisotopic (exact) mass is 346 g/mol. The van der Waals surface area contributed by atoms with Gasteiger partial charge in [-0.2, -0.15) is 21.5 Å². The molecular weight excluding hydrogens is 328 g/mol. The van der Waals surface area contributed by atoms with Crippen LogP contribution in [0.15, 0.2) is 41.1 Å². The number of nitrogens with one attached hydrogen (secondary N) is 1. The first-order valence-electron chi connectivity index (χ1n) is 8.42. The lowest BCUT2D eigenvalue weighted by atomic mass is 10.1. The maximum atomic E-state index is 4.58. The Labute approximate surface area is 150 Å². The highest BCUT2D eigenvalue weighted by Crippen LogP contribution is 2.40. The van der Waals surface area contributed by atoms with E-state index in [0.29, 0.717) is 0 Å². The lowest BCUT2D eigenvalue weighted by Crippen LogP contribution is -2.04. The second-order valence-corrected chi connectivity index (χ2v) is 7.47. The Morgan fingerprint density at radius 2 is 2.12 bits per heavy atom. The summed E-state index contributed by atoms with van der Waals surface area (Å²) in [5, 5.41) is 16.6. The van der Waals surface area contributed by atoms with Gasteiger partial charge in [-0.1, -0.05) is 18.2 Å². The number of thiophene rings is 1. The lowest BCUT2D eigenvalue weighted by Gasteiger charge is -2.07. The van der Waals surface area contributed by atoms with E-state index in [1.165, 1.54) is 39.2 Å². The summed E-state index contributed by atoms with van der Waals surface area (Å²) in [4.78, 5) is 0. The van der Waals surface area contributed by atoms with Gasteiger partial charge in [-0.05, 0) is 42.5 Å². The van der Waals surface area contributed by atoms with Gasteiger partial charge >= 0.3 is 0 Å². The molecule has 0 aliphatic heterocycles. The van der Waals surface area contributed by atoms with Gasteiger partial charge in [-0.15, -0.1) is 0 Å². The molecule has 0 saturated carbocycles. The van der Waals surface area contributed by atoms with Gasteiger partial charge < -0.3 is 0 Å². The zero-order valence-corrected chi connectivity index (χ0v) is 15.0. The first-order chi connectivity index (χ1) is 12.2. The van der Waals surface area contributed by atoms with Crippen molar-refractivity contribution in [3.05, 3.63) is 69.2 Å². The molecule has 124 valence electrons. The third kappa shape index (κ3) is 2.35. The Kier molecular flexibility index (Phi) is 3.18. The number of hydrogen-bond acceptors (Lipinski definition) is 3. The van der Waals surface area contributed by atoms with Crippen molar-refractivity contribution in [2.45, 2.75) is 26.8 Å². The molecule has 4 nitrogen and oxygen atoms in total. The molecule has 1 aliphatic rings. The Hall–Kier alpha value is -2.66. The van der Waals surface area contributed by atoms with Crippen molar-refractivity contribution in [1.82, 2.24) is 20.0 Å². The Morgan fingerprint density at radius 3 is 2.88 bits per heavy atom. The van der Waals surface area contributed by atoms with Crippen LogP contribution in [0, 0.1) is 13.8 Å². The van der Waals surface area contributed by atoms with Gasteiger partial charge in [0, 0.05) is 34.2 Å². The number of benzene rings is 1. The van der Waals surface area contributed by atoms with E-state index in [1.807, 2.05) is 6.92 Å². The third-order valence-corrected chi connectivity index (χ3v) is 5.59. The van der Waals surface area contributed by atoms with Gasteiger partial charge in [0.1, 0.15) is 0 Å². The second kappa shape index (κ2) is 5.43. The number of aryl methyl sites for hydroxylation is 2. The van der Waals surface area contributed by atoms with Crippen LogP contribution >= 0.6 is 11.3 Å². The zero-order chi connectivity index (χ0) is 17.0. The normalized spacial score (nSPS) is 12.4. The molecule has 0 saturated heterocycles. The Bertz CT molecular complexity index is 1070. The first-order valence-corrected chi connectivity index (χ1v) is 9.36. The third-order valence-electron chi connectivity index (χ3n) is 4.90. The predicted octanol–water partition coefficient (Wildman–Crippen LogP) is 4.57. The molecule has 4 aromatic rings. The van der Waals surface area contributed by atoms with Crippen molar-refractivity contribution in [3.8, 4) is 22.5 Å². The quantitative estimate of drug-likeness (QED) is 0.520. The van der Waals surface area contributed by atoms with Crippen LogP contribution in [0.1, 0.15) is 28.1 Å².